The Morgan fingerprint density at radius 2 is 2.14 bits per heavy atom. The third-order valence-corrected chi connectivity index (χ3v) is 3.20. The van der Waals surface area contributed by atoms with Crippen LogP contribution in [0.25, 0.3) is 0 Å². The van der Waals surface area contributed by atoms with Crippen LogP contribution in [-0.2, 0) is 10.8 Å². The maximum absolute atomic E-state index is 5.51. The van der Waals surface area contributed by atoms with Crippen molar-refractivity contribution in [2.45, 2.75) is 25.9 Å². The zero-order valence-electron chi connectivity index (χ0n) is 8.99. The highest BCUT2D eigenvalue weighted by molar-refractivity contribution is 5.98. The van der Waals surface area contributed by atoms with Crippen molar-refractivity contribution in [1.82, 2.24) is 0 Å². The van der Waals surface area contributed by atoms with Gasteiger partial charge in [-0.05, 0) is 37.4 Å². The summed E-state index contributed by atoms with van der Waals surface area (Å²) in [5.74, 6) is 0. The Morgan fingerprint density at radius 3 is 2.79 bits per heavy atom. The third-order valence-electron chi connectivity index (χ3n) is 2.50. The minimum absolute atomic E-state index is 0.232. The van der Waals surface area contributed by atoms with E-state index >= 15 is 0 Å². The normalized spacial score (nSPS) is 13.0. The van der Waals surface area contributed by atoms with Gasteiger partial charge >= 0.3 is 0 Å². The van der Waals surface area contributed by atoms with Gasteiger partial charge in [0.05, 0.1) is 6.10 Å². The fourth-order valence-electron chi connectivity index (χ4n) is 1.58. The van der Waals surface area contributed by atoms with E-state index in [9.17, 15) is 0 Å². The lowest BCUT2D eigenvalue weighted by molar-refractivity contribution is 0.249. The Labute approximate surface area is 89.0 Å². The molecule has 0 radical (unpaired) electrons. The summed E-state index contributed by atoms with van der Waals surface area (Å²) in [5, 5.41) is 0. The molecule has 1 atom stereocenters. The smallest absolute Gasteiger partial charge is 0.146 e. The van der Waals surface area contributed by atoms with Crippen LogP contribution in [0.3, 0.4) is 0 Å². The highest BCUT2D eigenvalue weighted by atomic mass is 28.2. The first-order valence-electron chi connectivity index (χ1n) is 5.10. The van der Waals surface area contributed by atoms with E-state index in [1.807, 2.05) is 0 Å². The Kier molecular flexibility index (Phi) is 4.86. The fourth-order valence-corrected chi connectivity index (χ4v) is 1.83. The van der Waals surface area contributed by atoms with Crippen LogP contribution in [0.4, 0.5) is 0 Å². The average molecular weight is 209 g/mol. The van der Waals surface area contributed by atoms with E-state index < -0.39 is 0 Å². The minimum atomic E-state index is 0.232. The summed E-state index contributed by atoms with van der Waals surface area (Å²) < 4.78 is 5.46. The molecule has 2 nitrogen and oxygen atoms in total. The van der Waals surface area contributed by atoms with E-state index in [1.54, 1.807) is 0 Å². The molecule has 0 fully saturated rings. The van der Waals surface area contributed by atoms with Crippen LogP contribution in [0.2, 0.25) is 0 Å². The van der Waals surface area contributed by atoms with E-state index in [2.05, 4.69) is 31.2 Å². The quantitative estimate of drug-likeness (QED) is 0.732. The molecule has 1 unspecified atom stereocenters. The van der Waals surface area contributed by atoms with Crippen molar-refractivity contribution < 1.29 is 4.43 Å². The van der Waals surface area contributed by atoms with Gasteiger partial charge in [0.15, 0.2) is 0 Å². The van der Waals surface area contributed by atoms with Crippen molar-refractivity contribution in [1.29, 1.82) is 0 Å². The zero-order valence-corrected chi connectivity index (χ0v) is 11.0. The summed E-state index contributed by atoms with van der Waals surface area (Å²) in [5.41, 5.74) is 8.20. The molecular weight excluding hydrogens is 190 g/mol. The predicted molar refractivity (Wildman–Crippen MR) is 63.3 cm³/mol. The topological polar surface area (TPSA) is 35.2 Å². The molecule has 0 aromatic heterocycles. The second kappa shape index (κ2) is 5.96. The number of nitrogens with two attached hydrogens (primary N) is 1. The van der Waals surface area contributed by atoms with Crippen LogP contribution in [0.15, 0.2) is 24.3 Å². The van der Waals surface area contributed by atoms with Crippen molar-refractivity contribution in [2.24, 2.45) is 5.73 Å². The monoisotopic (exact) mass is 209 g/mol. The lowest BCUT2D eigenvalue weighted by Gasteiger charge is -2.15. The second-order valence-electron chi connectivity index (χ2n) is 3.47. The summed E-state index contributed by atoms with van der Waals surface area (Å²) in [6.45, 7) is 2.86. The lowest BCUT2D eigenvalue weighted by Crippen LogP contribution is -2.05. The molecule has 78 valence electrons. The summed E-state index contributed by atoms with van der Waals surface area (Å²) >= 11 is 0. The Hall–Kier alpha value is -0.643. The first-order chi connectivity index (χ1) is 6.79. The van der Waals surface area contributed by atoms with Crippen molar-refractivity contribution in [3.05, 3.63) is 35.4 Å². The Balaban J connectivity index is 2.79. The maximum Gasteiger partial charge on any atom is 0.146 e. The average Bonchev–Trinajstić information content (AvgIpc) is 2.25. The first-order valence-corrected chi connectivity index (χ1v) is 5.92. The summed E-state index contributed by atoms with van der Waals surface area (Å²) in [6.07, 6.45) is 2.34. The van der Waals surface area contributed by atoms with Crippen LogP contribution in [0, 0.1) is 0 Å². The van der Waals surface area contributed by atoms with Gasteiger partial charge in [-0.15, -0.1) is 0 Å². The number of hydrogen-bond acceptors (Lipinski definition) is 2. The molecule has 0 saturated heterocycles. The Bertz CT molecular complexity index is 278. The van der Waals surface area contributed by atoms with Gasteiger partial charge in [-0.3, -0.25) is 0 Å². The van der Waals surface area contributed by atoms with Crippen LogP contribution >= 0.6 is 0 Å². The van der Waals surface area contributed by atoms with Crippen molar-refractivity contribution >= 4 is 10.5 Å². The van der Waals surface area contributed by atoms with E-state index in [1.165, 1.54) is 11.1 Å². The summed E-state index contributed by atoms with van der Waals surface area (Å²) in [6, 6.07) is 8.46. The Morgan fingerprint density at radius 1 is 1.43 bits per heavy atom. The molecule has 1 aromatic rings. The van der Waals surface area contributed by atoms with Crippen LogP contribution in [0.5, 0.6) is 0 Å². The second-order valence-corrected chi connectivity index (χ2v) is 3.94. The van der Waals surface area contributed by atoms with Crippen LogP contribution in [0.1, 0.15) is 30.6 Å². The molecule has 1 rings (SSSR count). The highest BCUT2D eigenvalue weighted by Gasteiger charge is 2.07. The van der Waals surface area contributed by atoms with Gasteiger partial charge < -0.3 is 10.2 Å². The SMILES string of the molecule is CC(O[SiH3])c1ccccc1CCCN. The molecular formula is C11H19NOSi. The van der Waals surface area contributed by atoms with Crippen molar-refractivity contribution in [3.8, 4) is 0 Å². The van der Waals surface area contributed by atoms with E-state index in [-0.39, 0.29) is 6.10 Å². The third kappa shape index (κ3) is 2.94. The highest BCUT2D eigenvalue weighted by Crippen LogP contribution is 2.20. The molecule has 0 spiro atoms. The van der Waals surface area contributed by atoms with Crippen molar-refractivity contribution in [2.75, 3.05) is 6.54 Å². The van der Waals surface area contributed by atoms with E-state index in [4.69, 9.17) is 10.2 Å². The van der Waals surface area contributed by atoms with Gasteiger partial charge in [0.25, 0.3) is 0 Å². The molecule has 0 saturated carbocycles. The molecule has 0 aliphatic rings. The summed E-state index contributed by atoms with van der Waals surface area (Å²) in [4.78, 5) is 0. The predicted octanol–water partition coefficient (Wildman–Crippen LogP) is 0.936. The van der Waals surface area contributed by atoms with Gasteiger partial charge in [-0.25, -0.2) is 0 Å². The van der Waals surface area contributed by atoms with E-state index in [0.29, 0.717) is 0 Å². The molecule has 0 aliphatic carbocycles. The number of hydrogen-bond donors (Lipinski definition) is 1. The standard InChI is InChI=1S/C11H19NOSi/c1-9(13-14)11-7-3-2-5-10(11)6-4-8-12/h2-3,5,7,9H,4,6,8,12H2,1,14H3. The van der Waals surface area contributed by atoms with Crippen molar-refractivity contribution in [3.63, 3.8) is 0 Å². The van der Waals surface area contributed by atoms with Gasteiger partial charge in [-0.2, -0.15) is 0 Å². The molecule has 0 heterocycles. The van der Waals surface area contributed by atoms with Crippen LogP contribution < -0.4 is 5.73 Å². The largest absolute Gasteiger partial charge is 0.421 e. The first kappa shape index (κ1) is 11.4. The van der Waals surface area contributed by atoms with E-state index in [0.717, 1.165) is 29.9 Å². The molecule has 2 N–H and O–H groups in total. The molecule has 1 aromatic carbocycles. The molecule has 0 aliphatic heterocycles. The van der Waals surface area contributed by atoms with Gasteiger partial charge in [0, 0.05) is 0 Å². The maximum atomic E-state index is 5.51. The fraction of sp³-hybridized carbons (Fsp3) is 0.455. The number of benzene rings is 1. The van der Waals surface area contributed by atoms with Gasteiger partial charge in [-0.1, -0.05) is 24.3 Å². The molecule has 3 heteroatoms. The molecule has 0 bridgehead atoms. The van der Waals surface area contributed by atoms with Crippen LogP contribution in [-0.4, -0.2) is 17.0 Å². The zero-order chi connectivity index (χ0) is 10.4. The molecule has 14 heavy (non-hydrogen) atoms. The minimum Gasteiger partial charge on any atom is -0.421 e. The number of aryl methyl sites for hydroxylation is 1. The van der Waals surface area contributed by atoms with Gasteiger partial charge in [0.1, 0.15) is 10.5 Å². The van der Waals surface area contributed by atoms with Gasteiger partial charge in [0.2, 0.25) is 0 Å². The molecule has 0 amide bonds. The summed E-state index contributed by atoms with van der Waals surface area (Å²) in [7, 11) is 0.786. The number of rotatable bonds is 5. The lowest BCUT2D eigenvalue weighted by atomic mass is 9.99.